The molecule has 0 bridgehead atoms. The van der Waals surface area contributed by atoms with Crippen molar-refractivity contribution in [2.75, 3.05) is 12.4 Å². The zero-order chi connectivity index (χ0) is 17.3. The molecule has 3 aromatic rings. The number of fused-ring (bicyclic) bond motifs is 1. The number of ether oxygens (including phenoxy) is 1. The van der Waals surface area contributed by atoms with Crippen LogP contribution in [0.3, 0.4) is 0 Å². The van der Waals surface area contributed by atoms with E-state index < -0.39 is 11.5 Å². The molecule has 0 saturated carbocycles. The number of carbonyl (C=O) groups is 1. The number of hydrogen-bond acceptors (Lipinski definition) is 7. The van der Waals surface area contributed by atoms with Crippen molar-refractivity contribution in [2.24, 2.45) is 0 Å². The van der Waals surface area contributed by atoms with E-state index in [4.69, 9.17) is 20.8 Å². The summed E-state index contributed by atoms with van der Waals surface area (Å²) in [6.07, 6.45) is -0.192. The maximum Gasteiger partial charge on any atom is 0.340 e. The van der Waals surface area contributed by atoms with Crippen LogP contribution >= 0.6 is 11.6 Å². The third kappa shape index (κ3) is 2.93. The van der Waals surface area contributed by atoms with Gasteiger partial charge in [-0.15, -0.1) is 5.10 Å². The van der Waals surface area contributed by atoms with E-state index in [9.17, 15) is 9.59 Å². The Kier molecular flexibility index (Phi) is 4.17. The number of nitrogens with zero attached hydrogens (tertiary/aromatic N) is 3. The van der Waals surface area contributed by atoms with Crippen molar-refractivity contribution in [1.82, 2.24) is 20.6 Å². The summed E-state index contributed by atoms with van der Waals surface area (Å²) in [5.41, 5.74) is 0.563. The van der Waals surface area contributed by atoms with Crippen molar-refractivity contribution in [2.45, 2.75) is 13.3 Å². The highest BCUT2D eigenvalue weighted by Crippen LogP contribution is 2.31. The molecule has 9 nitrogen and oxygen atoms in total. The summed E-state index contributed by atoms with van der Waals surface area (Å²) in [6.45, 7) is 1.72. The molecular formula is C14H12ClN5O4. The Balaban J connectivity index is 1.99. The van der Waals surface area contributed by atoms with Crippen LogP contribution in [0.5, 0.6) is 5.75 Å². The van der Waals surface area contributed by atoms with E-state index in [1.54, 1.807) is 13.0 Å². The Labute approximate surface area is 139 Å². The molecule has 0 unspecified atom stereocenters. The van der Waals surface area contributed by atoms with Crippen LogP contribution < -0.4 is 15.7 Å². The van der Waals surface area contributed by atoms with Crippen LogP contribution in [0, 0.1) is 6.92 Å². The van der Waals surface area contributed by atoms with Crippen molar-refractivity contribution in [3.05, 3.63) is 38.7 Å². The van der Waals surface area contributed by atoms with Gasteiger partial charge in [0.15, 0.2) is 0 Å². The maximum atomic E-state index is 12.2. The number of hydrogen-bond donors (Lipinski definition) is 2. The van der Waals surface area contributed by atoms with E-state index in [2.05, 4.69) is 25.9 Å². The van der Waals surface area contributed by atoms with Gasteiger partial charge in [0, 0.05) is 11.5 Å². The number of halogens is 1. The Bertz CT molecular complexity index is 967. The largest absolute Gasteiger partial charge is 0.495 e. The molecule has 0 radical (unpaired) electrons. The molecule has 0 aliphatic heterocycles. The zero-order valence-electron chi connectivity index (χ0n) is 12.7. The number of methoxy groups -OCH3 is 1. The maximum absolute atomic E-state index is 12.2. The minimum absolute atomic E-state index is 0.0237. The van der Waals surface area contributed by atoms with Crippen molar-refractivity contribution in [3.63, 3.8) is 0 Å². The van der Waals surface area contributed by atoms with Gasteiger partial charge in [-0.3, -0.25) is 10.1 Å². The second kappa shape index (κ2) is 6.28. The highest BCUT2D eigenvalue weighted by atomic mass is 35.5. The fraction of sp³-hybridized carbons (Fsp3) is 0.214. The lowest BCUT2D eigenvalue weighted by Gasteiger charge is -2.09. The minimum atomic E-state index is -0.604. The number of aromatic nitrogens is 4. The molecule has 1 aromatic carbocycles. The predicted octanol–water partition coefficient (Wildman–Crippen LogP) is 1.46. The minimum Gasteiger partial charge on any atom is -0.495 e. The first-order chi connectivity index (χ1) is 11.5. The third-order valence-corrected chi connectivity index (χ3v) is 3.79. The SMILES string of the molecule is COc1cc2oc(=O)c(CC(=O)Nc3nn[nH]n3)c(C)c2cc1Cl. The molecule has 0 fully saturated rings. The van der Waals surface area contributed by atoms with E-state index in [-0.39, 0.29) is 17.9 Å². The quantitative estimate of drug-likeness (QED) is 0.683. The molecular weight excluding hydrogens is 338 g/mol. The molecule has 2 aromatic heterocycles. The number of aryl methyl sites for hydroxylation is 1. The van der Waals surface area contributed by atoms with Crippen LogP contribution in [0.2, 0.25) is 5.02 Å². The van der Waals surface area contributed by atoms with Crippen molar-refractivity contribution in [1.29, 1.82) is 0 Å². The Morgan fingerprint density at radius 1 is 1.46 bits per heavy atom. The summed E-state index contributed by atoms with van der Waals surface area (Å²) >= 11 is 6.12. The number of aromatic amines is 1. The summed E-state index contributed by atoms with van der Waals surface area (Å²) in [5.74, 6) is -0.0457. The zero-order valence-corrected chi connectivity index (χ0v) is 13.5. The van der Waals surface area contributed by atoms with Crippen LogP contribution in [0.4, 0.5) is 5.95 Å². The predicted molar refractivity (Wildman–Crippen MR) is 85.3 cm³/mol. The summed E-state index contributed by atoms with van der Waals surface area (Å²) in [7, 11) is 1.47. The molecule has 124 valence electrons. The number of rotatable bonds is 4. The van der Waals surface area contributed by atoms with Crippen molar-refractivity contribution in [3.8, 4) is 5.75 Å². The van der Waals surface area contributed by atoms with Gasteiger partial charge in [-0.25, -0.2) is 4.79 Å². The van der Waals surface area contributed by atoms with Crippen molar-refractivity contribution >= 4 is 34.4 Å². The normalized spacial score (nSPS) is 10.8. The highest BCUT2D eigenvalue weighted by Gasteiger charge is 2.17. The number of anilines is 1. The number of nitrogens with one attached hydrogen (secondary N) is 2. The molecule has 24 heavy (non-hydrogen) atoms. The van der Waals surface area contributed by atoms with Gasteiger partial charge in [0.05, 0.1) is 24.1 Å². The molecule has 0 spiro atoms. The number of benzene rings is 1. The fourth-order valence-corrected chi connectivity index (χ4v) is 2.54. The van der Waals surface area contributed by atoms with Crippen LogP contribution in [-0.4, -0.2) is 33.6 Å². The Morgan fingerprint density at radius 2 is 2.25 bits per heavy atom. The first kappa shape index (κ1) is 15.9. The van der Waals surface area contributed by atoms with Gasteiger partial charge in [0.25, 0.3) is 5.95 Å². The standard InChI is InChI=1S/C14H12ClN5O4/c1-6-7-3-9(15)11(23-2)5-10(7)24-13(22)8(6)4-12(21)16-14-17-19-20-18-14/h3,5H,4H2,1-2H3,(H2,16,17,18,19,20,21). The first-order valence-corrected chi connectivity index (χ1v) is 7.20. The van der Waals surface area contributed by atoms with Gasteiger partial charge in [-0.05, 0) is 23.8 Å². The molecule has 0 atom stereocenters. The number of carbonyl (C=O) groups excluding carboxylic acids is 1. The Morgan fingerprint density at radius 3 is 2.92 bits per heavy atom. The average Bonchev–Trinajstić information content (AvgIpc) is 3.04. The molecule has 3 rings (SSSR count). The molecule has 10 heteroatoms. The second-order valence-electron chi connectivity index (χ2n) is 4.94. The summed E-state index contributed by atoms with van der Waals surface area (Å²) in [6, 6.07) is 3.17. The van der Waals surface area contributed by atoms with E-state index in [1.165, 1.54) is 13.2 Å². The van der Waals surface area contributed by atoms with Gasteiger partial charge in [-0.2, -0.15) is 5.21 Å². The number of amides is 1. The summed E-state index contributed by atoms with van der Waals surface area (Å²) in [4.78, 5) is 24.2. The average molecular weight is 350 g/mol. The van der Waals surface area contributed by atoms with Gasteiger partial charge in [0.2, 0.25) is 5.91 Å². The third-order valence-electron chi connectivity index (χ3n) is 3.49. The van der Waals surface area contributed by atoms with Crippen molar-refractivity contribution < 1.29 is 13.9 Å². The molecule has 0 saturated heterocycles. The molecule has 1 amide bonds. The lowest BCUT2D eigenvalue weighted by atomic mass is 10.0. The van der Waals surface area contributed by atoms with Crippen LogP contribution in [0.1, 0.15) is 11.1 Å². The first-order valence-electron chi connectivity index (χ1n) is 6.82. The lowest BCUT2D eigenvalue weighted by Crippen LogP contribution is -2.21. The number of H-pyrrole nitrogens is 1. The Hall–Kier alpha value is -2.94. The van der Waals surface area contributed by atoms with E-state index in [0.717, 1.165) is 0 Å². The monoisotopic (exact) mass is 349 g/mol. The molecule has 0 aliphatic carbocycles. The summed E-state index contributed by atoms with van der Waals surface area (Å²) < 4.78 is 10.4. The molecule has 0 aliphatic rings. The van der Waals surface area contributed by atoms with E-state index in [0.29, 0.717) is 27.3 Å². The van der Waals surface area contributed by atoms with Gasteiger partial charge >= 0.3 is 5.63 Å². The van der Waals surface area contributed by atoms with E-state index in [1.807, 2.05) is 0 Å². The van der Waals surface area contributed by atoms with Crippen LogP contribution in [-0.2, 0) is 11.2 Å². The smallest absolute Gasteiger partial charge is 0.340 e. The topological polar surface area (TPSA) is 123 Å². The van der Waals surface area contributed by atoms with Gasteiger partial charge in [-0.1, -0.05) is 16.7 Å². The lowest BCUT2D eigenvalue weighted by molar-refractivity contribution is -0.115. The fourth-order valence-electron chi connectivity index (χ4n) is 2.29. The molecule has 2 N–H and O–H groups in total. The number of tetrazole rings is 1. The van der Waals surface area contributed by atoms with Gasteiger partial charge in [0.1, 0.15) is 11.3 Å². The molecule has 2 heterocycles. The van der Waals surface area contributed by atoms with E-state index >= 15 is 0 Å². The van der Waals surface area contributed by atoms with Gasteiger partial charge < -0.3 is 9.15 Å². The van der Waals surface area contributed by atoms with Crippen LogP contribution in [0.15, 0.2) is 21.3 Å². The van der Waals surface area contributed by atoms with Crippen LogP contribution in [0.25, 0.3) is 11.0 Å². The highest BCUT2D eigenvalue weighted by molar-refractivity contribution is 6.32. The second-order valence-corrected chi connectivity index (χ2v) is 5.34. The summed E-state index contributed by atoms with van der Waals surface area (Å²) in [5, 5.41) is 16.2.